The van der Waals surface area contributed by atoms with E-state index in [9.17, 15) is 14.4 Å². The summed E-state index contributed by atoms with van der Waals surface area (Å²) in [5, 5.41) is 3.33. The molecule has 0 spiro atoms. The molecule has 0 aliphatic rings. The zero-order valence-corrected chi connectivity index (χ0v) is 18.5. The van der Waals surface area contributed by atoms with Crippen molar-refractivity contribution in [3.8, 4) is 0 Å². The monoisotopic (exact) mass is 427 g/mol. The lowest BCUT2D eigenvalue weighted by Crippen LogP contribution is -2.43. The Hall–Kier alpha value is -2.12. The van der Waals surface area contributed by atoms with Gasteiger partial charge in [-0.1, -0.05) is 23.7 Å². The molecule has 2 unspecified atom stereocenters. The number of alkyl carbamates (subject to hydrolysis) is 1. The number of hydrogen-bond acceptors (Lipinski definition) is 6. The van der Waals surface area contributed by atoms with E-state index in [1.54, 1.807) is 46.8 Å². The van der Waals surface area contributed by atoms with Gasteiger partial charge in [0.15, 0.2) is 0 Å². The summed E-state index contributed by atoms with van der Waals surface area (Å²) in [5.41, 5.74) is 0.200. The maximum Gasteiger partial charge on any atom is 0.407 e. The number of amides is 1. The van der Waals surface area contributed by atoms with Crippen LogP contribution in [0.5, 0.6) is 0 Å². The summed E-state index contributed by atoms with van der Waals surface area (Å²) in [5.74, 6) is -2.96. The number of carbonyl (C=O) groups is 3. The number of benzene rings is 1. The third-order valence-electron chi connectivity index (χ3n) is 3.96. The van der Waals surface area contributed by atoms with Crippen molar-refractivity contribution < 1.29 is 28.6 Å². The van der Waals surface area contributed by atoms with Gasteiger partial charge in [0.1, 0.15) is 17.8 Å². The van der Waals surface area contributed by atoms with Crippen molar-refractivity contribution in [3.63, 3.8) is 0 Å². The molecule has 0 aliphatic heterocycles. The number of aldehydes is 1. The summed E-state index contributed by atoms with van der Waals surface area (Å²) in [6.45, 7) is 8.38. The summed E-state index contributed by atoms with van der Waals surface area (Å²) >= 11 is 5.92. The van der Waals surface area contributed by atoms with E-state index in [4.69, 9.17) is 25.8 Å². The molecule has 0 fully saturated rings. The average molecular weight is 428 g/mol. The molecule has 1 rings (SSSR count). The van der Waals surface area contributed by atoms with Gasteiger partial charge in [-0.3, -0.25) is 4.79 Å². The second-order valence-corrected chi connectivity index (χ2v) is 8.61. The van der Waals surface area contributed by atoms with Gasteiger partial charge in [0.05, 0.1) is 0 Å². The van der Waals surface area contributed by atoms with Crippen LogP contribution in [-0.2, 0) is 30.2 Å². The van der Waals surface area contributed by atoms with Crippen LogP contribution < -0.4 is 5.32 Å². The summed E-state index contributed by atoms with van der Waals surface area (Å²) in [7, 11) is 1.40. The van der Waals surface area contributed by atoms with Crippen LogP contribution in [0.2, 0.25) is 5.02 Å². The Bertz CT molecular complexity index is 696. The topological polar surface area (TPSA) is 90.9 Å². The number of methoxy groups -OCH3 is 1. The van der Waals surface area contributed by atoms with Crippen molar-refractivity contribution in [2.24, 2.45) is 5.92 Å². The van der Waals surface area contributed by atoms with E-state index in [0.29, 0.717) is 17.7 Å². The maximum absolute atomic E-state index is 12.4. The predicted molar refractivity (Wildman–Crippen MR) is 110 cm³/mol. The Morgan fingerprint density at radius 3 is 2.17 bits per heavy atom. The van der Waals surface area contributed by atoms with Gasteiger partial charge in [0.25, 0.3) is 0 Å². The van der Waals surface area contributed by atoms with E-state index in [0.717, 1.165) is 5.56 Å². The van der Waals surface area contributed by atoms with Crippen LogP contribution in [0.15, 0.2) is 24.3 Å². The highest BCUT2D eigenvalue weighted by molar-refractivity contribution is 6.30. The lowest BCUT2D eigenvalue weighted by molar-refractivity contribution is -0.209. The van der Waals surface area contributed by atoms with Gasteiger partial charge < -0.3 is 24.3 Å². The Morgan fingerprint density at radius 1 is 1.10 bits per heavy atom. The van der Waals surface area contributed by atoms with Crippen molar-refractivity contribution in [1.29, 1.82) is 0 Å². The summed E-state index contributed by atoms with van der Waals surface area (Å²) in [4.78, 5) is 36.2. The first-order valence-corrected chi connectivity index (χ1v) is 9.70. The highest BCUT2D eigenvalue weighted by Crippen LogP contribution is 2.19. The molecule has 0 radical (unpaired) electrons. The van der Waals surface area contributed by atoms with Crippen LogP contribution in [0.25, 0.3) is 0 Å². The minimum Gasteiger partial charge on any atom is -0.444 e. The molecule has 162 valence electrons. The van der Waals surface area contributed by atoms with E-state index in [1.807, 2.05) is 12.1 Å². The fourth-order valence-electron chi connectivity index (χ4n) is 2.45. The molecule has 0 saturated heterocycles. The molecule has 0 aliphatic carbocycles. The fraction of sp³-hybridized carbons (Fsp3) is 0.571. The zero-order chi connectivity index (χ0) is 22.2. The number of nitrogens with one attached hydrogen (secondary N) is 1. The number of ether oxygens (including phenoxy) is 3. The van der Waals surface area contributed by atoms with Gasteiger partial charge in [-0.05, 0) is 51.3 Å². The Kier molecular flexibility index (Phi) is 9.11. The van der Waals surface area contributed by atoms with Crippen LogP contribution in [0.3, 0.4) is 0 Å². The lowest BCUT2D eigenvalue weighted by atomic mass is 9.96. The standard InChI is InChI=1S/C21H30ClNO6/c1-20(2,3)29-19(26)23-17(11-14-7-9-16(22)10-8-14)12-15(13-24)18(25)28-21(4,5)27-6/h7-10,13,15,17H,11-12H2,1-6H3,(H,23,26). The minimum atomic E-state index is -1.16. The quantitative estimate of drug-likeness (QED) is 0.278. The van der Waals surface area contributed by atoms with Gasteiger partial charge in [0, 0.05) is 32.0 Å². The van der Waals surface area contributed by atoms with E-state index in [2.05, 4.69) is 5.32 Å². The van der Waals surface area contributed by atoms with Gasteiger partial charge in [-0.2, -0.15) is 0 Å². The summed E-state index contributed by atoms with van der Waals surface area (Å²) in [6.07, 6.45) is 0.303. The summed E-state index contributed by atoms with van der Waals surface area (Å²) < 4.78 is 15.6. The first-order chi connectivity index (χ1) is 13.3. The van der Waals surface area contributed by atoms with E-state index in [1.165, 1.54) is 7.11 Å². The molecule has 8 heteroatoms. The second-order valence-electron chi connectivity index (χ2n) is 8.18. The number of halogens is 1. The van der Waals surface area contributed by atoms with E-state index >= 15 is 0 Å². The lowest BCUT2D eigenvalue weighted by Gasteiger charge is -2.27. The summed E-state index contributed by atoms with van der Waals surface area (Å²) in [6, 6.07) is 6.55. The molecule has 1 N–H and O–H groups in total. The molecular weight excluding hydrogens is 398 g/mol. The largest absolute Gasteiger partial charge is 0.444 e. The third-order valence-corrected chi connectivity index (χ3v) is 4.21. The van der Waals surface area contributed by atoms with Crippen LogP contribution in [-0.4, -0.2) is 42.9 Å². The van der Waals surface area contributed by atoms with Crippen molar-refractivity contribution in [2.75, 3.05) is 7.11 Å². The average Bonchev–Trinajstić information content (AvgIpc) is 2.59. The molecule has 1 amide bonds. The molecule has 0 aromatic heterocycles. The first-order valence-electron chi connectivity index (χ1n) is 9.32. The fourth-order valence-corrected chi connectivity index (χ4v) is 2.57. The zero-order valence-electron chi connectivity index (χ0n) is 17.8. The van der Waals surface area contributed by atoms with Gasteiger partial charge in [0.2, 0.25) is 5.79 Å². The molecule has 29 heavy (non-hydrogen) atoms. The molecule has 7 nitrogen and oxygen atoms in total. The van der Waals surface area contributed by atoms with Crippen LogP contribution in [0, 0.1) is 5.92 Å². The highest BCUT2D eigenvalue weighted by Gasteiger charge is 2.31. The van der Waals surface area contributed by atoms with Crippen molar-refractivity contribution in [1.82, 2.24) is 5.32 Å². The minimum absolute atomic E-state index is 0.0456. The molecule has 0 bridgehead atoms. The smallest absolute Gasteiger partial charge is 0.407 e. The van der Waals surface area contributed by atoms with Crippen molar-refractivity contribution in [3.05, 3.63) is 34.9 Å². The van der Waals surface area contributed by atoms with Gasteiger partial charge in [-0.25, -0.2) is 4.79 Å². The number of hydrogen-bond donors (Lipinski definition) is 1. The molecular formula is C21H30ClNO6. The molecule has 2 atom stereocenters. The Labute approximate surface area is 177 Å². The molecule has 0 heterocycles. The SMILES string of the molecule is COC(C)(C)OC(=O)C(C=O)CC(Cc1ccc(Cl)cc1)NC(=O)OC(C)(C)C. The van der Waals surface area contributed by atoms with Gasteiger partial charge in [-0.15, -0.1) is 0 Å². The number of carbonyl (C=O) groups excluding carboxylic acids is 3. The van der Waals surface area contributed by atoms with Crippen LogP contribution in [0.4, 0.5) is 4.79 Å². The van der Waals surface area contributed by atoms with E-state index < -0.39 is 35.4 Å². The van der Waals surface area contributed by atoms with E-state index in [-0.39, 0.29) is 6.42 Å². The Morgan fingerprint density at radius 2 is 1.69 bits per heavy atom. The predicted octanol–water partition coefficient (Wildman–Crippen LogP) is 3.91. The number of esters is 1. The molecule has 0 saturated carbocycles. The molecule has 1 aromatic rings. The van der Waals surface area contributed by atoms with Crippen molar-refractivity contribution in [2.45, 2.75) is 64.9 Å². The first kappa shape index (κ1) is 24.9. The van der Waals surface area contributed by atoms with Crippen molar-refractivity contribution >= 4 is 29.9 Å². The van der Waals surface area contributed by atoms with Crippen LogP contribution in [0.1, 0.15) is 46.6 Å². The number of rotatable bonds is 9. The maximum atomic E-state index is 12.4. The van der Waals surface area contributed by atoms with Crippen LogP contribution >= 0.6 is 11.6 Å². The van der Waals surface area contributed by atoms with Gasteiger partial charge >= 0.3 is 12.1 Å². The normalized spacial score (nSPS) is 13.9. The Balaban J connectivity index is 2.95. The second kappa shape index (κ2) is 10.6. The molecule has 1 aromatic carbocycles. The highest BCUT2D eigenvalue weighted by atomic mass is 35.5. The third kappa shape index (κ3) is 9.76.